The molecule has 2 aromatic rings. The first kappa shape index (κ1) is 26.6. The van der Waals surface area contributed by atoms with Gasteiger partial charge in [0.2, 0.25) is 0 Å². The van der Waals surface area contributed by atoms with E-state index < -0.39 is 0 Å². The maximum absolute atomic E-state index is 4.64. The van der Waals surface area contributed by atoms with Gasteiger partial charge in [-0.3, -0.25) is 15.0 Å². The van der Waals surface area contributed by atoms with E-state index in [1.807, 2.05) is 25.2 Å². The molecule has 1 fully saturated rings. The number of aliphatic imine (C=N–C) groups is 1. The van der Waals surface area contributed by atoms with Gasteiger partial charge in [0.15, 0.2) is 0 Å². The number of nitrogens with one attached hydrogen (secondary N) is 1. The van der Waals surface area contributed by atoms with Crippen LogP contribution in [0, 0.1) is 6.92 Å². The molecule has 3 rings (SSSR count). The molecule has 2 aromatic heterocycles. The van der Waals surface area contributed by atoms with Crippen molar-refractivity contribution in [1.29, 1.82) is 0 Å². The Morgan fingerprint density at radius 2 is 2.00 bits per heavy atom. The molecule has 7 heteroatoms. The summed E-state index contributed by atoms with van der Waals surface area (Å²) in [7, 11) is 1.50. The van der Waals surface area contributed by atoms with Gasteiger partial charge < -0.3 is 11.1 Å². The van der Waals surface area contributed by atoms with Gasteiger partial charge >= 0.3 is 0 Å². The molecule has 0 bridgehead atoms. The molecule has 3 N–H and O–H groups in total. The Hall–Kier alpha value is -1.44. The zero-order valence-electron chi connectivity index (χ0n) is 19.4. The molecular weight excluding hydrogens is 410 g/mol. The van der Waals surface area contributed by atoms with Crippen LogP contribution in [0.5, 0.6) is 0 Å². The molecule has 168 valence electrons. The van der Waals surface area contributed by atoms with Crippen LogP contribution < -0.4 is 11.1 Å². The molecule has 0 amide bonds. The Morgan fingerprint density at radius 1 is 1.30 bits per heavy atom. The van der Waals surface area contributed by atoms with E-state index >= 15 is 0 Å². The third-order valence-electron chi connectivity index (χ3n) is 4.54. The molecule has 0 radical (unpaired) electrons. The van der Waals surface area contributed by atoms with Crippen LogP contribution in [0.3, 0.4) is 0 Å². The summed E-state index contributed by atoms with van der Waals surface area (Å²) in [5.74, 6) is 0. The number of thiophene rings is 1. The molecular formula is C23H39N5S2. The Labute approximate surface area is 191 Å². The molecule has 5 nitrogen and oxygen atoms in total. The summed E-state index contributed by atoms with van der Waals surface area (Å²) < 4.78 is 0. The lowest BCUT2D eigenvalue weighted by molar-refractivity contribution is 0.757. The lowest BCUT2D eigenvalue weighted by Crippen LogP contribution is -2.13. The van der Waals surface area contributed by atoms with Crippen LogP contribution in [0.2, 0.25) is 0 Å². The van der Waals surface area contributed by atoms with Crippen molar-refractivity contribution in [1.82, 2.24) is 9.97 Å². The zero-order valence-corrected chi connectivity index (χ0v) is 21.1. The van der Waals surface area contributed by atoms with Crippen LogP contribution in [0.15, 0.2) is 29.6 Å². The SMILES string of the molecule is CC.CCN=C(SC(C)Cc1cc(C)c(NC2CCCC2)s1)c1cnccn1.CN. The van der Waals surface area contributed by atoms with E-state index in [1.54, 1.807) is 30.4 Å². The van der Waals surface area contributed by atoms with Crippen LogP contribution in [0.1, 0.15) is 69.5 Å². The average molecular weight is 450 g/mol. The number of anilines is 1. The molecule has 0 saturated heterocycles. The lowest BCUT2D eigenvalue weighted by atomic mass is 10.2. The minimum absolute atomic E-state index is 0.444. The van der Waals surface area contributed by atoms with Crippen molar-refractivity contribution < 1.29 is 0 Å². The largest absolute Gasteiger partial charge is 0.374 e. The van der Waals surface area contributed by atoms with Crippen molar-refractivity contribution in [2.24, 2.45) is 10.7 Å². The molecule has 1 unspecified atom stereocenters. The van der Waals surface area contributed by atoms with Gasteiger partial charge in [0.1, 0.15) is 10.7 Å². The average Bonchev–Trinajstić information content (AvgIpc) is 3.41. The highest BCUT2D eigenvalue weighted by atomic mass is 32.2. The molecule has 1 saturated carbocycles. The molecule has 1 aliphatic carbocycles. The van der Waals surface area contributed by atoms with Crippen molar-refractivity contribution in [2.75, 3.05) is 18.9 Å². The summed E-state index contributed by atoms with van der Waals surface area (Å²) in [5.41, 5.74) is 6.75. The van der Waals surface area contributed by atoms with E-state index in [0.717, 1.165) is 23.7 Å². The fraction of sp³-hybridized carbons (Fsp3) is 0.609. The summed E-state index contributed by atoms with van der Waals surface area (Å²) in [6, 6.07) is 3.02. The van der Waals surface area contributed by atoms with E-state index in [-0.39, 0.29) is 0 Å². The van der Waals surface area contributed by atoms with Crippen LogP contribution in [-0.2, 0) is 6.42 Å². The number of thioether (sulfide) groups is 1. The van der Waals surface area contributed by atoms with Gasteiger partial charge in [0, 0.05) is 35.1 Å². The summed E-state index contributed by atoms with van der Waals surface area (Å²) in [5, 5.41) is 6.56. The van der Waals surface area contributed by atoms with E-state index in [0.29, 0.717) is 11.3 Å². The van der Waals surface area contributed by atoms with Crippen molar-refractivity contribution in [3.63, 3.8) is 0 Å². The van der Waals surface area contributed by atoms with Gasteiger partial charge in [0.05, 0.1) is 11.2 Å². The normalized spacial score (nSPS) is 15.0. The number of hydrogen-bond donors (Lipinski definition) is 2. The summed E-state index contributed by atoms with van der Waals surface area (Å²) in [6.45, 7) is 11.3. The number of hydrogen-bond acceptors (Lipinski definition) is 7. The predicted molar refractivity (Wildman–Crippen MR) is 136 cm³/mol. The van der Waals surface area contributed by atoms with Crippen LogP contribution in [0.4, 0.5) is 5.00 Å². The summed E-state index contributed by atoms with van der Waals surface area (Å²) in [6.07, 6.45) is 11.6. The second-order valence-electron chi connectivity index (χ2n) is 6.85. The predicted octanol–water partition coefficient (Wildman–Crippen LogP) is 5.93. The third kappa shape index (κ3) is 8.74. The fourth-order valence-corrected chi connectivity index (χ4v) is 5.75. The molecule has 0 aliphatic heterocycles. The first-order chi connectivity index (χ1) is 14.7. The molecule has 1 atom stereocenters. The molecule has 0 spiro atoms. The first-order valence-corrected chi connectivity index (χ1v) is 12.8. The minimum Gasteiger partial charge on any atom is -0.374 e. The van der Waals surface area contributed by atoms with E-state index in [4.69, 9.17) is 0 Å². The van der Waals surface area contributed by atoms with Crippen molar-refractivity contribution in [2.45, 2.75) is 78.0 Å². The summed E-state index contributed by atoms with van der Waals surface area (Å²) in [4.78, 5) is 14.7. The van der Waals surface area contributed by atoms with E-state index in [1.165, 1.54) is 48.2 Å². The number of nitrogens with two attached hydrogens (primary N) is 1. The lowest BCUT2D eigenvalue weighted by Gasteiger charge is -2.13. The zero-order chi connectivity index (χ0) is 22.4. The highest BCUT2D eigenvalue weighted by Crippen LogP contribution is 2.33. The minimum atomic E-state index is 0.444. The monoisotopic (exact) mass is 449 g/mol. The first-order valence-electron chi connectivity index (χ1n) is 11.1. The van der Waals surface area contributed by atoms with Gasteiger partial charge in [-0.05, 0) is 51.8 Å². The Kier molecular flexibility index (Phi) is 13.6. The summed E-state index contributed by atoms with van der Waals surface area (Å²) >= 11 is 3.72. The standard InChI is InChI=1S/C20H28N4S2.C2H6.CH5N/c1-4-22-20(18-13-21-9-10-23-18)25-15(3)12-17-11-14(2)19(26-17)24-16-7-5-6-8-16;2*1-2/h9-11,13,15-16,24H,4-8,12H2,1-3H3;1-2H3;2H2,1H3. The Bertz CT molecular complexity index is 724. The highest BCUT2D eigenvalue weighted by molar-refractivity contribution is 8.14. The van der Waals surface area contributed by atoms with Gasteiger partial charge in [-0.2, -0.15) is 0 Å². The smallest absolute Gasteiger partial charge is 0.118 e. The quantitative estimate of drug-likeness (QED) is 0.404. The maximum atomic E-state index is 4.64. The van der Waals surface area contributed by atoms with Gasteiger partial charge in [0.25, 0.3) is 0 Å². The third-order valence-corrected chi connectivity index (χ3v) is 6.87. The van der Waals surface area contributed by atoms with Gasteiger partial charge in [-0.1, -0.05) is 33.6 Å². The Morgan fingerprint density at radius 3 is 2.60 bits per heavy atom. The molecule has 2 heterocycles. The number of aryl methyl sites for hydroxylation is 1. The van der Waals surface area contributed by atoms with Gasteiger partial charge in [-0.15, -0.1) is 23.1 Å². The number of aromatic nitrogens is 2. The second kappa shape index (κ2) is 15.4. The van der Waals surface area contributed by atoms with E-state index in [2.05, 4.69) is 52.8 Å². The molecule has 1 aliphatic rings. The number of rotatable bonds is 7. The Balaban J connectivity index is 0.00000106. The van der Waals surface area contributed by atoms with Crippen molar-refractivity contribution >= 4 is 33.1 Å². The molecule has 30 heavy (non-hydrogen) atoms. The second-order valence-corrected chi connectivity index (χ2v) is 9.42. The van der Waals surface area contributed by atoms with Crippen LogP contribution in [0.25, 0.3) is 0 Å². The fourth-order valence-electron chi connectivity index (χ4n) is 3.29. The maximum Gasteiger partial charge on any atom is 0.118 e. The number of nitrogens with zero attached hydrogens (tertiary/aromatic N) is 3. The van der Waals surface area contributed by atoms with Crippen LogP contribution in [-0.4, -0.2) is 39.9 Å². The van der Waals surface area contributed by atoms with Crippen molar-refractivity contribution in [3.05, 3.63) is 40.8 Å². The highest BCUT2D eigenvalue weighted by Gasteiger charge is 2.18. The van der Waals surface area contributed by atoms with Crippen LogP contribution >= 0.6 is 23.1 Å². The van der Waals surface area contributed by atoms with E-state index in [9.17, 15) is 0 Å². The van der Waals surface area contributed by atoms with Gasteiger partial charge in [-0.25, -0.2) is 0 Å². The van der Waals surface area contributed by atoms with Crippen molar-refractivity contribution in [3.8, 4) is 0 Å². The molecule has 0 aromatic carbocycles. The topological polar surface area (TPSA) is 76.2 Å².